The number of hydrogen-bond acceptors (Lipinski definition) is 2. The number of anilines is 6. The number of hydrogen-bond donors (Lipinski definition) is 0. The van der Waals surface area contributed by atoms with Crippen LogP contribution in [0, 0.1) is 27.7 Å². The minimum Gasteiger partial charge on any atom is -0.310 e. The summed E-state index contributed by atoms with van der Waals surface area (Å²) in [5.74, 6) is 0. The van der Waals surface area contributed by atoms with E-state index in [1.807, 2.05) is 0 Å². The largest absolute Gasteiger partial charge is 0.310 e. The van der Waals surface area contributed by atoms with Gasteiger partial charge in [0, 0.05) is 33.9 Å². The fourth-order valence-corrected chi connectivity index (χ4v) is 13.7. The van der Waals surface area contributed by atoms with Crippen molar-refractivity contribution in [2.24, 2.45) is 0 Å². The van der Waals surface area contributed by atoms with Crippen LogP contribution in [0.5, 0.6) is 0 Å². The molecule has 0 radical (unpaired) electrons. The summed E-state index contributed by atoms with van der Waals surface area (Å²) < 4.78 is 0. The highest BCUT2D eigenvalue weighted by atomic mass is 15.2. The van der Waals surface area contributed by atoms with Gasteiger partial charge < -0.3 is 9.80 Å². The van der Waals surface area contributed by atoms with Crippen molar-refractivity contribution in [3.63, 3.8) is 0 Å². The zero-order valence-electron chi connectivity index (χ0n) is 49.9. The average Bonchev–Trinajstić information content (AvgIpc) is 1.10. The zero-order chi connectivity index (χ0) is 59.2. The molecule has 0 saturated heterocycles. The Bertz CT molecular complexity index is 4760. The maximum atomic E-state index is 2.42. The summed E-state index contributed by atoms with van der Waals surface area (Å²) in [7, 11) is 0. The SMILES string of the molecule is Cc1ccc(N(c2ccc(-c3ccc(-c4c5ccccc5c(-c5ccc(-c6ccc(N(c7ccc(C)cc7C)c7ccccc7-c7ccccc7)cc6)cc5)c5c6ccccc6c6ccccc6c45)cc3)cc2)c2ccccc2-c2ccccc2)c(C)c1. The maximum Gasteiger partial charge on any atom is 0.0540 e. The molecule has 0 amide bonds. The van der Waals surface area contributed by atoms with Gasteiger partial charge in [0.25, 0.3) is 0 Å². The molecule has 0 heterocycles. The fraction of sp³-hybridized carbons (Fsp3) is 0.0465. The van der Waals surface area contributed by atoms with Gasteiger partial charge in [0.05, 0.1) is 11.4 Å². The van der Waals surface area contributed by atoms with Crippen LogP contribution >= 0.6 is 0 Å². The first-order valence-corrected chi connectivity index (χ1v) is 30.6. The molecule has 0 aliphatic heterocycles. The summed E-state index contributed by atoms with van der Waals surface area (Å²) in [6.45, 7) is 8.76. The van der Waals surface area contributed by atoms with E-state index in [9.17, 15) is 0 Å². The van der Waals surface area contributed by atoms with Gasteiger partial charge in [-0.25, -0.2) is 0 Å². The van der Waals surface area contributed by atoms with E-state index in [-0.39, 0.29) is 0 Å². The molecule has 0 N–H and O–H groups in total. The molecule has 0 aromatic heterocycles. The molecule has 15 aromatic carbocycles. The lowest BCUT2D eigenvalue weighted by Gasteiger charge is -2.29. The van der Waals surface area contributed by atoms with Crippen molar-refractivity contribution < 1.29 is 0 Å². The van der Waals surface area contributed by atoms with E-state index in [0.29, 0.717) is 0 Å². The molecule has 0 aliphatic rings. The topological polar surface area (TPSA) is 6.48 Å². The smallest absolute Gasteiger partial charge is 0.0540 e. The Balaban J connectivity index is 0.819. The number of rotatable bonds is 12. The number of aryl methyl sites for hydroxylation is 4. The summed E-state index contributed by atoms with van der Waals surface area (Å²) in [6, 6.07) is 116. The number of para-hydroxylation sites is 2. The maximum absolute atomic E-state index is 2.42. The van der Waals surface area contributed by atoms with E-state index in [0.717, 1.165) is 45.3 Å². The molecule has 88 heavy (non-hydrogen) atoms. The Kier molecular flexibility index (Phi) is 13.9. The second-order valence-corrected chi connectivity index (χ2v) is 23.4. The van der Waals surface area contributed by atoms with Crippen LogP contribution in [0.15, 0.2) is 315 Å². The minimum atomic E-state index is 1.11. The molecule has 0 unspecified atom stereocenters. The van der Waals surface area contributed by atoms with E-state index in [1.54, 1.807) is 0 Å². The fourth-order valence-electron chi connectivity index (χ4n) is 13.7. The van der Waals surface area contributed by atoms with Crippen LogP contribution in [0.1, 0.15) is 22.3 Å². The molecule has 15 aromatic rings. The third kappa shape index (κ3) is 9.66. The lowest BCUT2D eigenvalue weighted by Crippen LogP contribution is -2.12. The van der Waals surface area contributed by atoms with Gasteiger partial charge in [-0.3, -0.25) is 0 Å². The van der Waals surface area contributed by atoms with E-state index < -0.39 is 0 Å². The number of nitrogens with zero attached hydrogens (tertiary/aromatic N) is 2. The summed E-state index contributed by atoms with van der Waals surface area (Å²) in [4.78, 5) is 4.83. The molecule has 2 nitrogen and oxygen atoms in total. The second kappa shape index (κ2) is 22.7. The van der Waals surface area contributed by atoms with Gasteiger partial charge >= 0.3 is 0 Å². The normalized spacial score (nSPS) is 11.4. The molecule has 0 atom stereocenters. The van der Waals surface area contributed by atoms with E-state index in [2.05, 4.69) is 353 Å². The van der Waals surface area contributed by atoms with Gasteiger partial charge in [-0.15, -0.1) is 0 Å². The summed E-state index contributed by atoms with van der Waals surface area (Å²) in [5.41, 5.74) is 26.0. The van der Waals surface area contributed by atoms with Crippen LogP contribution in [0.3, 0.4) is 0 Å². The van der Waals surface area contributed by atoms with E-state index in [1.165, 1.54) is 121 Å². The van der Waals surface area contributed by atoms with Crippen LogP contribution < -0.4 is 9.80 Å². The first-order chi connectivity index (χ1) is 43.3. The highest BCUT2D eigenvalue weighted by Crippen LogP contribution is 2.51. The number of benzene rings is 15. The highest BCUT2D eigenvalue weighted by Gasteiger charge is 2.24. The van der Waals surface area contributed by atoms with Gasteiger partial charge in [-0.05, 0) is 186 Å². The van der Waals surface area contributed by atoms with Crippen molar-refractivity contribution in [3.8, 4) is 66.8 Å². The highest BCUT2D eigenvalue weighted by molar-refractivity contribution is 6.36. The average molecular weight is 1130 g/mol. The molecular formula is C86H64N2. The minimum absolute atomic E-state index is 1.11. The quantitative estimate of drug-likeness (QED) is 0.0889. The molecule has 0 fully saturated rings. The van der Waals surface area contributed by atoms with Gasteiger partial charge in [0.15, 0.2) is 0 Å². The van der Waals surface area contributed by atoms with Crippen molar-refractivity contribution in [1.29, 1.82) is 0 Å². The van der Waals surface area contributed by atoms with Crippen molar-refractivity contribution >= 4 is 77.2 Å². The molecular weight excluding hydrogens is 1060 g/mol. The van der Waals surface area contributed by atoms with Crippen LogP contribution in [0.4, 0.5) is 34.1 Å². The predicted molar refractivity (Wildman–Crippen MR) is 377 cm³/mol. The summed E-state index contributed by atoms with van der Waals surface area (Å²) >= 11 is 0. The van der Waals surface area contributed by atoms with Crippen LogP contribution in [-0.2, 0) is 0 Å². The molecule has 15 rings (SSSR count). The first kappa shape index (κ1) is 53.7. The standard InChI is InChI=1S/C86H64N2/c1-57-35-53-79(59(3)55-57)87(81-33-19-17-25-71(81)65-21-7-5-8-22-65)69-49-45-63(46-50-69)61-37-41-67(42-38-61)83-77-31-15-16-32-78(77)84(86-76-30-14-12-28-74(76)73-27-11-13-29-75(73)85(83)86)68-43-39-62(40-44-68)64-47-51-70(52-48-64)88(80-54-36-58(2)56-60(80)4)82-34-20-18-26-72(82)66-23-9-6-10-24-66/h5-56H,1-4H3. The molecule has 0 bridgehead atoms. The predicted octanol–water partition coefficient (Wildman–Crippen LogP) is 24.5. The van der Waals surface area contributed by atoms with Crippen LogP contribution in [-0.4, -0.2) is 0 Å². The Labute approximate surface area is 516 Å². The molecule has 0 saturated carbocycles. The Hall–Kier alpha value is -11.1. The third-order valence-corrected chi connectivity index (χ3v) is 17.8. The van der Waals surface area contributed by atoms with Crippen molar-refractivity contribution in [2.75, 3.05) is 9.80 Å². The second-order valence-electron chi connectivity index (χ2n) is 23.4. The molecule has 2 heteroatoms. The summed E-state index contributed by atoms with van der Waals surface area (Å²) in [5, 5.41) is 10.00. The molecule has 0 aliphatic carbocycles. The molecule has 418 valence electrons. The van der Waals surface area contributed by atoms with Gasteiger partial charge in [-0.1, -0.05) is 278 Å². The van der Waals surface area contributed by atoms with Crippen LogP contribution in [0.25, 0.3) is 110 Å². The Morgan fingerprint density at radius 2 is 0.500 bits per heavy atom. The van der Waals surface area contributed by atoms with Crippen molar-refractivity contribution in [1.82, 2.24) is 0 Å². The Morgan fingerprint density at radius 1 is 0.205 bits per heavy atom. The first-order valence-electron chi connectivity index (χ1n) is 30.6. The van der Waals surface area contributed by atoms with E-state index in [4.69, 9.17) is 0 Å². The zero-order valence-corrected chi connectivity index (χ0v) is 49.9. The summed E-state index contributed by atoms with van der Waals surface area (Å²) in [6.07, 6.45) is 0. The van der Waals surface area contributed by atoms with Gasteiger partial charge in [0.2, 0.25) is 0 Å². The van der Waals surface area contributed by atoms with Gasteiger partial charge in [-0.2, -0.15) is 0 Å². The number of fused-ring (bicyclic) bond motifs is 7. The lowest BCUT2D eigenvalue weighted by atomic mass is 9.81. The third-order valence-electron chi connectivity index (χ3n) is 17.8. The van der Waals surface area contributed by atoms with Crippen molar-refractivity contribution in [3.05, 3.63) is 338 Å². The molecule has 0 spiro atoms. The monoisotopic (exact) mass is 1120 g/mol. The van der Waals surface area contributed by atoms with Crippen molar-refractivity contribution in [2.45, 2.75) is 27.7 Å². The van der Waals surface area contributed by atoms with Crippen LogP contribution in [0.2, 0.25) is 0 Å². The van der Waals surface area contributed by atoms with Gasteiger partial charge in [0.1, 0.15) is 0 Å². The Morgan fingerprint density at radius 3 is 0.864 bits per heavy atom. The van der Waals surface area contributed by atoms with E-state index >= 15 is 0 Å². The lowest BCUT2D eigenvalue weighted by molar-refractivity contribution is 1.24.